The Hall–Kier alpha value is -0.610. The molecule has 4 heteroatoms. The number of carbonyl (C=O) groups excluding carboxylic acids is 1. The fourth-order valence-electron chi connectivity index (χ4n) is 2.51. The van der Waals surface area contributed by atoms with Crippen LogP contribution < -0.4 is 11.1 Å². The van der Waals surface area contributed by atoms with Gasteiger partial charge in [-0.2, -0.15) is 0 Å². The van der Waals surface area contributed by atoms with Gasteiger partial charge in [-0.1, -0.05) is 20.8 Å². The fourth-order valence-corrected chi connectivity index (χ4v) is 2.51. The van der Waals surface area contributed by atoms with E-state index in [0.29, 0.717) is 6.04 Å². The second-order valence-electron chi connectivity index (χ2n) is 5.37. The average Bonchev–Trinajstić information content (AvgIpc) is 2.28. The lowest BCUT2D eigenvalue weighted by Gasteiger charge is -2.36. The minimum absolute atomic E-state index is 0.0611. The molecule has 1 amide bonds. The lowest BCUT2D eigenvalue weighted by atomic mass is 9.95. The molecule has 0 spiro atoms. The molecule has 0 saturated carbocycles. The number of amides is 1. The minimum Gasteiger partial charge on any atom is -0.368 e. The molecule has 4 nitrogen and oxygen atoms in total. The molecule has 0 aromatic heterocycles. The third kappa shape index (κ3) is 4.64. The molecule has 17 heavy (non-hydrogen) atoms. The monoisotopic (exact) mass is 241 g/mol. The SMILES string of the molecule is CCC(C(N)=O)N1CCC(CNC(C)C)CC1. The molecule has 0 aromatic carbocycles. The molecule has 3 N–H and O–H groups in total. The van der Waals surface area contributed by atoms with Crippen molar-refractivity contribution in [3.63, 3.8) is 0 Å². The summed E-state index contributed by atoms with van der Waals surface area (Å²) in [5, 5.41) is 3.49. The van der Waals surface area contributed by atoms with Crippen molar-refractivity contribution in [1.82, 2.24) is 10.2 Å². The second kappa shape index (κ2) is 6.97. The lowest BCUT2D eigenvalue weighted by molar-refractivity contribution is -0.123. The van der Waals surface area contributed by atoms with Gasteiger partial charge in [0.15, 0.2) is 0 Å². The first kappa shape index (κ1) is 14.5. The van der Waals surface area contributed by atoms with Crippen molar-refractivity contribution in [3.05, 3.63) is 0 Å². The van der Waals surface area contributed by atoms with Gasteiger partial charge in [0.1, 0.15) is 0 Å². The van der Waals surface area contributed by atoms with Crippen molar-refractivity contribution in [2.75, 3.05) is 19.6 Å². The van der Waals surface area contributed by atoms with Crippen LogP contribution in [0.15, 0.2) is 0 Å². The van der Waals surface area contributed by atoms with Crippen molar-refractivity contribution < 1.29 is 4.79 Å². The highest BCUT2D eigenvalue weighted by molar-refractivity contribution is 5.79. The standard InChI is InChI=1S/C13H27N3O/c1-4-12(13(14)17)16-7-5-11(6-8-16)9-15-10(2)3/h10-12,15H,4-9H2,1-3H3,(H2,14,17). The van der Waals surface area contributed by atoms with Crippen LogP contribution in [0, 0.1) is 5.92 Å². The minimum atomic E-state index is -0.175. The van der Waals surface area contributed by atoms with E-state index in [1.165, 1.54) is 12.8 Å². The quantitative estimate of drug-likeness (QED) is 0.728. The highest BCUT2D eigenvalue weighted by Gasteiger charge is 2.26. The summed E-state index contributed by atoms with van der Waals surface area (Å²) in [4.78, 5) is 13.5. The van der Waals surface area contributed by atoms with Crippen LogP contribution in [0.1, 0.15) is 40.0 Å². The normalized spacial score (nSPS) is 20.7. The number of hydrogen-bond acceptors (Lipinski definition) is 3. The maximum absolute atomic E-state index is 11.3. The maximum Gasteiger partial charge on any atom is 0.234 e. The van der Waals surface area contributed by atoms with Crippen molar-refractivity contribution in [2.24, 2.45) is 11.7 Å². The zero-order chi connectivity index (χ0) is 12.8. The Bertz CT molecular complexity index is 235. The smallest absolute Gasteiger partial charge is 0.234 e. The maximum atomic E-state index is 11.3. The Morgan fingerprint density at radius 1 is 1.41 bits per heavy atom. The van der Waals surface area contributed by atoms with Gasteiger partial charge < -0.3 is 11.1 Å². The highest BCUT2D eigenvalue weighted by atomic mass is 16.1. The van der Waals surface area contributed by atoms with Crippen LogP contribution in [0.4, 0.5) is 0 Å². The predicted molar refractivity (Wildman–Crippen MR) is 70.7 cm³/mol. The van der Waals surface area contributed by atoms with Gasteiger partial charge in [0, 0.05) is 6.04 Å². The summed E-state index contributed by atoms with van der Waals surface area (Å²) in [6.45, 7) is 9.49. The lowest BCUT2D eigenvalue weighted by Crippen LogP contribution is -2.49. The molecule has 1 atom stereocenters. The number of carbonyl (C=O) groups is 1. The number of hydrogen-bond donors (Lipinski definition) is 2. The van der Waals surface area contributed by atoms with Crippen LogP contribution in [0.5, 0.6) is 0 Å². The van der Waals surface area contributed by atoms with Crippen LogP contribution in [0.25, 0.3) is 0 Å². The first-order valence-corrected chi connectivity index (χ1v) is 6.81. The van der Waals surface area contributed by atoms with E-state index in [-0.39, 0.29) is 11.9 Å². The fraction of sp³-hybridized carbons (Fsp3) is 0.923. The number of rotatable bonds is 6. The van der Waals surface area contributed by atoms with E-state index in [1.807, 2.05) is 6.92 Å². The topological polar surface area (TPSA) is 58.4 Å². The highest BCUT2D eigenvalue weighted by Crippen LogP contribution is 2.19. The largest absolute Gasteiger partial charge is 0.368 e. The second-order valence-corrected chi connectivity index (χ2v) is 5.37. The molecule has 100 valence electrons. The molecule has 1 aliphatic rings. The van der Waals surface area contributed by atoms with Gasteiger partial charge in [-0.25, -0.2) is 0 Å². The third-order valence-corrected chi connectivity index (χ3v) is 3.62. The molecular formula is C13H27N3O. The molecular weight excluding hydrogens is 214 g/mol. The van der Waals surface area contributed by atoms with Gasteiger partial charge >= 0.3 is 0 Å². The molecule has 0 aromatic rings. The van der Waals surface area contributed by atoms with Crippen molar-refractivity contribution in [2.45, 2.75) is 52.1 Å². The molecule has 1 fully saturated rings. The van der Waals surface area contributed by atoms with E-state index in [9.17, 15) is 4.79 Å². The van der Waals surface area contributed by atoms with Gasteiger partial charge in [0.25, 0.3) is 0 Å². The van der Waals surface area contributed by atoms with Crippen LogP contribution in [0.3, 0.4) is 0 Å². The molecule has 1 unspecified atom stereocenters. The molecule has 1 aliphatic heterocycles. The molecule has 0 radical (unpaired) electrons. The summed E-state index contributed by atoms with van der Waals surface area (Å²) in [7, 11) is 0. The van der Waals surface area contributed by atoms with Gasteiger partial charge in [0.05, 0.1) is 6.04 Å². The Labute approximate surface area is 105 Å². The van der Waals surface area contributed by atoms with E-state index in [1.54, 1.807) is 0 Å². The van der Waals surface area contributed by atoms with Crippen molar-refractivity contribution in [1.29, 1.82) is 0 Å². The van der Waals surface area contributed by atoms with Crippen LogP contribution in [0.2, 0.25) is 0 Å². The van der Waals surface area contributed by atoms with E-state index in [2.05, 4.69) is 24.1 Å². The summed E-state index contributed by atoms with van der Waals surface area (Å²) in [6.07, 6.45) is 3.16. The van der Waals surface area contributed by atoms with Crippen LogP contribution >= 0.6 is 0 Å². The first-order chi connectivity index (χ1) is 8.04. The van der Waals surface area contributed by atoms with E-state index >= 15 is 0 Å². The number of nitrogens with two attached hydrogens (primary N) is 1. The van der Waals surface area contributed by atoms with E-state index in [0.717, 1.165) is 32.0 Å². The van der Waals surface area contributed by atoms with E-state index in [4.69, 9.17) is 5.73 Å². The Morgan fingerprint density at radius 3 is 2.41 bits per heavy atom. The van der Waals surface area contributed by atoms with E-state index < -0.39 is 0 Å². The number of nitrogens with zero attached hydrogens (tertiary/aromatic N) is 1. The molecule has 0 bridgehead atoms. The Kier molecular flexibility index (Phi) is 5.92. The van der Waals surface area contributed by atoms with Crippen molar-refractivity contribution >= 4 is 5.91 Å². The summed E-state index contributed by atoms with van der Waals surface area (Å²) >= 11 is 0. The summed E-state index contributed by atoms with van der Waals surface area (Å²) < 4.78 is 0. The zero-order valence-electron chi connectivity index (χ0n) is 11.4. The number of likely N-dealkylation sites (tertiary alicyclic amines) is 1. The van der Waals surface area contributed by atoms with Crippen LogP contribution in [-0.4, -0.2) is 42.5 Å². The zero-order valence-corrected chi connectivity index (χ0v) is 11.4. The first-order valence-electron chi connectivity index (χ1n) is 6.81. The van der Waals surface area contributed by atoms with Gasteiger partial charge in [-0.15, -0.1) is 0 Å². The molecule has 0 aliphatic carbocycles. The van der Waals surface area contributed by atoms with Gasteiger partial charge in [0.2, 0.25) is 5.91 Å². The molecule has 1 saturated heterocycles. The Balaban J connectivity index is 2.32. The summed E-state index contributed by atoms with van der Waals surface area (Å²) in [6, 6.07) is 0.496. The van der Waals surface area contributed by atoms with Gasteiger partial charge in [-0.3, -0.25) is 9.69 Å². The van der Waals surface area contributed by atoms with Gasteiger partial charge in [-0.05, 0) is 44.8 Å². The third-order valence-electron chi connectivity index (χ3n) is 3.62. The summed E-state index contributed by atoms with van der Waals surface area (Å²) in [5.41, 5.74) is 5.42. The van der Waals surface area contributed by atoms with Crippen molar-refractivity contribution in [3.8, 4) is 0 Å². The molecule has 1 heterocycles. The number of primary amides is 1. The summed E-state index contributed by atoms with van der Waals surface area (Å²) in [5.74, 6) is 0.574. The number of piperidine rings is 1. The molecule has 1 rings (SSSR count). The van der Waals surface area contributed by atoms with Crippen LogP contribution in [-0.2, 0) is 4.79 Å². The number of nitrogens with one attached hydrogen (secondary N) is 1. The average molecular weight is 241 g/mol. The predicted octanol–water partition coefficient (Wildman–Crippen LogP) is 0.960. The Morgan fingerprint density at radius 2 is 2.00 bits per heavy atom.